The molecule has 1 aromatic heterocycles. The lowest BCUT2D eigenvalue weighted by atomic mass is 9.92. The molecule has 15 nitrogen and oxygen atoms in total. The fourth-order valence-corrected chi connectivity index (χ4v) is 6.23. The van der Waals surface area contributed by atoms with Gasteiger partial charge in [-0.15, -0.1) is 0 Å². The quantitative estimate of drug-likeness (QED) is 0.111. The zero-order valence-corrected chi connectivity index (χ0v) is 31.1. The Kier molecular flexibility index (Phi) is 15.3. The summed E-state index contributed by atoms with van der Waals surface area (Å²) in [7, 11) is 0. The van der Waals surface area contributed by atoms with Gasteiger partial charge in [0.2, 0.25) is 23.5 Å². The number of hydrogen-bond donors (Lipinski definition) is 5. The van der Waals surface area contributed by atoms with Crippen molar-refractivity contribution in [1.82, 2.24) is 36.1 Å². The summed E-state index contributed by atoms with van der Waals surface area (Å²) in [4.78, 5) is 102. The Hall–Kier alpha value is -5.47. The average molecular weight is 734 g/mol. The SMILES string of the molecule is C=C(C)[C@H]1CCN(C(=O)[C@@H](NC(=O)[C@@H](NC(=O)c2cnccn2)C(C)C)C(C)C)[C@@H]1C(=O)NC(CCC)C(=O)C(=O)N[C@@H](Cc1ccccc1)C(=O)O. The monoisotopic (exact) mass is 733 g/mol. The first-order valence-corrected chi connectivity index (χ1v) is 17.8. The summed E-state index contributed by atoms with van der Waals surface area (Å²) >= 11 is 0. The van der Waals surface area contributed by atoms with E-state index in [1.807, 2.05) is 0 Å². The Labute approximate surface area is 309 Å². The van der Waals surface area contributed by atoms with Crippen molar-refractivity contribution in [2.75, 3.05) is 6.54 Å². The molecule has 6 atom stereocenters. The topological polar surface area (TPSA) is 217 Å². The zero-order valence-electron chi connectivity index (χ0n) is 31.1. The van der Waals surface area contributed by atoms with E-state index < -0.39 is 83.3 Å². The Morgan fingerprint density at radius 3 is 2.11 bits per heavy atom. The van der Waals surface area contributed by atoms with E-state index in [-0.39, 0.29) is 31.0 Å². The first-order chi connectivity index (χ1) is 25.1. The molecule has 1 fully saturated rings. The van der Waals surface area contributed by atoms with E-state index in [0.29, 0.717) is 24.0 Å². The Bertz CT molecular complexity index is 1650. The second-order valence-corrected chi connectivity index (χ2v) is 14.0. The van der Waals surface area contributed by atoms with E-state index in [1.165, 1.54) is 23.5 Å². The van der Waals surface area contributed by atoms with Crippen LogP contribution in [0.4, 0.5) is 0 Å². The van der Waals surface area contributed by atoms with Crippen LogP contribution in [-0.2, 0) is 35.2 Å². The van der Waals surface area contributed by atoms with E-state index >= 15 is 0 Å². The lowest BCUT2D eigenvalue weighted by Crippen LogP contribution is -2.60. The van der Waals surface area contributed by atoms with Crippen molar-refractivity contribution >= 4 is 41.3 Å². The normalized spacial score (nSPS) is 17.6. The van der Waals surface area contributed by atoms with Crippen molar-refractivity contribution in [3.63, 3.8) is 0 Å². The minimum absolute atomic E-state index is 0.0189. The third kappa shape index (κ3) is 11.3. The number of nitrogens with zero attached hydrogens (tertiary/aromatic N) is 3. The summed E-state index contributed by atoms with van der Waals surface area (Å²) in [5, 5.41) is 20.2. The molecule has 3 rings (SSSR count). The number of aromatic nitrogens is 2. The van der Waals surface area contributed by atoms with E-state index in [0.717, 1.165) is 0 Å². The number of benzene rings is 1. The number of carbonyl (C=O) groups is 7. The molecule has 1 aliphatic rings. The molecule has 1 saturated heterocycles. The van der Waals surface area contributed by atoms with Crippen molar-refractivity contribution in [2.24, 2.45) is 17.8 Å². The fraction of sp³-hybridized carbons (Fsp3) is 0.500. The largest absolute Gasteiger partial charge is 0.480 e. The van der Waals surface area contributed by atoms with Gasteiger partial charge in [-0.05, 0) is 37.2 Å². The number of ketones is 1. The van der Waals surface area contributed by atoms with Gasteiger partial charge in [0.05, 0.1) is 12.2 Å². The summed E-state index contributed by atoms with van der Waals surface area (Å²) in [6.07, 6.45) is 4.84. The maximum Gasteiger partial charge on any atom is 0.326 e. The van der Waals surface area contributed by atoms with Crippen molar-refractivity contribution in [1.29, 1.82) is 0 Å². The summed E-state index contributed by atoms with van der Waals surface area (Å²) < 4.78 is 0. The summed E-state index contributed by atoms with van der Waals surface area (Å²) in [6, 6.07) is 2.71. The van der Waals surface area contributed by atoms with Gasteiger partial charge < -0.3 is 31.3 Å². The lowest BCUT2D eigenvalue weighted by molar-refractivity contribution is -0.146. The minimum atomic E-state index is -1.39. The van der Waals surface area contributed by atoms with Crippen LogP contribution in [-0.4, -0.2) is 98.0 Å². The predicted molar refractivity (Wildman–Crippen MR) is 195 cm³/mol. The number of carboxylic acid groups (broad SMARTS) is 1. The van der Waals surface area contributed by atoms with E-state index in [9.17, 15) is 38.7 Å². The van der Waals surface area contributed by atoms with Crippen LogP contribution in [0, 0.1) is 17.8 Å². The molecule has 5 N–H and O–H groups in total. The average Bonchev–Trinajstić information content (AvgIpc) is 3.58. The molecule has 53 heavy (non-hydrogen) atoms. The second-order valence-electron chi connectivity index (χ2n) is 14.0. The molecule has 1 unspecified atom stereocenters. The third-order valence-electron chi connectivity index (χ3n) is 9.16. The van der Waals surface area contributed by atoms with Gasteiger partial charge in [-0.1, -0.05) is 83.5 Å². The Morgan fingerprint density at radius 1 is 0.906 bits per heavy atom. The highest BCUT2D eigenvalue weighted by Crippen LogP contribution is 2.31. The van der Waals surface area contributed by atoms with Gasteiger partial charge in [0.1, 0.15) is 29.9 Å². The molecule has 0 bridgehead atoms. The number of amides is 5. The smallest absolute Gasteiger partial charge is 0.326 e. The summed E-state index contributed by atoms with van der Waals surface area (Å²) in [5.41, 5.74) is 1.29. The van der Waals surface area contributed by atoms with Crippen molar-refractivity contribution in [3.05, 3.63) is 72.3 Å². The second kappa shape index (κ2) is 19.4. The molecular weight excluding hydrogens is 682 g/mol. The van der Waals surface area contributed by atoms with Crippen LogP contribution < -0.4 is 21.3 Å². The maximum atomic E-state index is 14.2. The summed E-state index contributed by atoms with van der Waals surface area (Å²) in [6.45, 7) is 14.6. The van der Waals surface area contributed by atoms with E-state index in [2.05, 4.69) is 37.8 Å². The van der Waals surface area contributed by atoms with Gasteiger partial charge in [0.25, 0.3) is 11.8 Å². The molecular formula is C38H51N7O8. The van der Waals surface area contributed by atoms with Crippen LogP contribution in [0.2, 0.25) is 0 Å². The van der Waals surface area contributed by atoms with Gasteiger partial charge in [-0.2, -0.15) is 0 Å². The number of Topliss-reactive ketones (excluding diaryl/α,β-unsaturated/α-hetero) is 1. The lowest BCUT2D eigenvalue weighted by Gasteiger charge is -2.34. The molecule has 286 valence electrons. The summed E-state index contributed by atoms with van der Waals surface area (Å²) in [5.74, 6) is -7.24. The van der Waals surface area contributed by atoms with Crippen LogP contribution in [0.5, 0.6) is 0 Å². The highest BCUT2D eigenvalue weighted by molar-refractivity contribution is 6.38. The van der Waals surface area contributed by atoms with Gasteiger partial charge in [0.15, 0.2) is 0 Å². The first kappa shape index (κ1) is 41.9. The predicted octanol–water partition coefficient (Wildman–Crippen LogP) is 1.83. The number of rotatable bonds is 18. The van der Waals surface area contributed by atoms with Crippen LogP contribution in [0.1, 0.15) is 76.9 Å². The molecule has 2 aromatic rings. The highest BCUT2D eigenvalue weighted by atomic mass is 16.4. The first-order valence-electron chi connectivity index (χ1n) is 17.8. The maximum absolute atomic E-state index is 14.2. The molecule has 0 spiro atoms. The van der Waals surface area contributed by atoms with Crippen LogP contribution >= 0.6 is 0 Å². The van der Waals surface area contributed by atoms with Gasteiger partial charge in [0, 0.05) is 31.3 Å². The van der Waals surface area contributed by atoms with E-state index in [1.54, 1.807) is 71.9 Å². The number of likely N-dealkylation sites (tertiary alicyclic amines) is 1. The van der Waals surface area contributed by atoms with Gasteiger partial charge in [-0.3, -0.25) is 33.8 Å². The number of aliphatic carboxylic acids is 1. The van der Waals surface area contributed by atoms with Gasteiger partial charge >= 0.3 is 5.97 Å². The molecule has 0 saturated carbocycles. The Balaban J connectivity index is 1.80. The number of carbonyl (C=O) groups excluding carboxylic acids is 6. The molecule has 15 heteroatoms. The van der Waals surface area contributed by atoms with Gasteiger partial charge in [-0.25, -0.2) is 9.78 Å². The number of hydrogen-bond acceptors (Lipinski definition) is 9. The van der Waals surface area contributed by atoms with Crippen LogP contribution in [0.25, 0.3) is 0 Å². The molecule has 1 aliphatic heterocycles. The molecule has 0 radical (unpaired) electrons. The standard InChI is InChI=1S/C38H51N7O8/c1-8-12-26(32(46)36(50)42-27(38(52)53)19-24-13-10-9-11-14-24)41-35(49)31-25(21(2)3)15-18-45(31)37(51)30(23(6)7)44-34(48)29(22(4)5)43-33(47)28-20-39-16-17-40-28/h9-11,13-14,16-17,20,22-23,25-27,29-31H,2,8,12,15,18-19H2,1,3-7H3,(H,41,49)(H,42,50)(H,43,47)(H,44,48)(H,52,53)/t25-,26?,27+,29+,30+,31+/m1/s1. The number of nitrogens with one attached hydrogen (secondary N) is 4. The third-order valence-corrected chi connectivity index (χ3v) is 9.16. The Morgan fingerprint density at radius 2 is 1.57 bits per heavy atom. The zero-order chi connectivity index (χ0) is 39.4. The van der Waals surface area contributed by atoms with Crippen LogP contribution in [0.15, 0.2) is 61.1 Å². The van der Waals surface area contributed by atoms with Crippen molar-refractivity contribution < 1.29 is 38.7 Å². The van der Waals surface area contributed by atoms with E-state index in [4.69, 9.17) is 0 Å². The van der Waals surface area contributed by atoms with Crippen LogP contribution in [0.3, 0.4) is 0 Å². The fourth-order valence-electron chi connectivity index (χ4n) is 6.23. The highest BCUT2D eigenvalue weighted by Gasteiger charge is 2.46. The molecule has 1 aromatic carbocycles. The van der Waals surface area contributed by atoms with Crippen molar-refractivity contribution in [2.45, 2.75) is 97.4 Å². The minimum Gasteiger partial charge on any atom is -0.480 e. The van der Waals surface area contributed by atoms with Crippen molar-refractivity contribution in [3.8, 4) is 0 Å². The number of carboxylic acids is 1. The molecule has 2 heterocycles. The molecule has 0 aliphatic carbocycles. The molecule has 5 amide bonds.